The molecule has 2 aromatic rings. The van der Waals surface area contributed by atoms with Gasteiger partial charge in [-0.2, -0.15) is 4.98 Å². The number of nitrogens with two attached hydrogens (primary N) is 1. The van der Waals surface area contributed by atoms with Gasteiger partial charge >= 0.3 is 0 Å². The first kappa shape index (κ1) is 11.5. The Morgan fingerprint density at radius 2 is 2.29 bits per heavy atom. The molecular formula is C10H13N5O2. The second-order valence-corrected chi connectivity index (χ2v) is 3.42. The number of ether oxygens (including phenoxy) is 1. The molecule has 0 spiro atoms. The number of rotatable bonds is 4. The maximum Gasteiger partial charge on any atom is 0.243 e. The fourth-order valence-electron chi connectivity index (χ4n) is 1.24. The van der Waals surface area contributed by atoms with E-state index in [-0.39, 0.29) is 6.04 Å². The van der Waals surface area contributed by atoms with Crippen molar-refractivity contribution >= 4 is 0 Å². The van der Waals surface area contributed by atoms with E-state index in [1.807, 2.05) is 6.92 Å². The van der Waals surface area contributed by atoms with E-state index in [2.05, 4.69) is 20.1 Å². The molecule has 0 aliphatic rings. The number of aromatic nitrogens is 4. The monoisotopic (exact) mass is 235 g/mol. The normalized spacial score (nSPS) is 12.4. The van der Waals surface area contributed by atoms with Gasteiger partial charge in [-0.05, 0) is 6.42 Å². The fraction of sp³-hybridized carbons (Fsp3) is 0.400. The standard InChI is InChI=1S/C10H13N5O2/c1-3-6(11)10-14-9(15-17-10)7-4-8(16-2)13-5-12-7/h4-6H,3,11H2,1-2H3/t6-/m1/s1. The summed E-state index contributed by atoms with van der Waals surface area (Å²) in [7, 11) is 1.53. The van der Waals surface area contributed by atoms with Crippen molar-refractivity contribution in [1.82, 2.24) is 20.1 Å². The lowest BCUT2D eigenvalue weighted by atomic mass is 10.2. The van der Waals surface area contributed by atoms with Crippen molar-refractivity contribution in [1.29, 1.82) is 0 Å². The van der Waals surface area contributed by atoms with Crippen LogP contribution in [0.3, 0.4) is 0 Å². The molecule has 17 heavy (non-hydrogen) atoms. The summed E-state index contributed by atoms with van der Waals surface area (Å²) in [6.45, 7) is 1.95. The largest absolute Gasteiger partial charge is 0.481 e. The molecule has 7 heteroatoms. The van der Waals surface area contributed by atoms with Gasteiger partial charge < -0.3 is 15.0 Å². The van der Waals surface area contributed by atoms with Crippen molar-refractivity contribution < 1.29 is 9.26 Å². The highest BCUT2D eigenvalue weighted by Gasteiger charge is 2.15. The van der Waals surface area contributed by atoms with Crippen molar-refractivity contribution in [3.8, 4) is 17.4 Å². The summed E-state index contributed by atoms with van der Waals surface area (Å²) >= 11 is 0. The molecule has 0 bridgehead atoms. The Kier molecular flexibility index (Phi) is 3.29. The summed E-state index contributed by atoms with van der Waals surface area (Å²) in [5.41, 5.74) is 6.33. The maximum atomic E-state index is 5.79. The quantitative estimate of drug-likeness (QED) is 0.841. The summed E-state index contributed by atoms with van der Waals surface area (Å²) in [5, 5.41) is 3.82. The predicted octanol–water partition coefficient (Wildman–Crippen LogP) is 0.945. The zero-order valence-corrected chi connectivity index (χ0v) is 9.62. The van der Waals surface area contributed by atoms with Gasteiger partial charge in [-0.25, -0.2) is 9.97 Å². The third-order valence-corrected chi connectivity index (χ3v) is 2.28. The van der Waals surface area contributed by atoms with Crippen molar-refractivity contribution in [2.24, 2.45) is 5.73 Å². The molecule has 7 nitrogen and oxygen atoms in total. The first-order chi connectivity index (χ1) is 8.24. The number of hydrogen-bond donors (Lipinski definition) is 1. The van der Waals surface area contributed by atoms with Crippen LogP contribution in [0.25, 0.3) is 11.5 Å². The van der Waals surface area contributed by atoms with Gasteiger partial charge in [0, 0.05) is 6.07 Å². The Balaban J connectivity index is 2.30. The van der Waals surface area contributed by atoms with Crippen LogP contribution in [0.15, 0.2) is 16.9 Å². The van der Waals surface area contributed by atoms with Gasteiger partial charge in [-0.3, -0.25) is 0 Å². The van der Waals surface area contributed by atoms with Crippen LogP contribution in [0.5, 0.6) is 5.88 Å². The summed E-state index contributed by atoms with van der Waals surface area (Å²) < 4.78 is 10.0. The Hall–Kier alpha value is -2.02. The van der Waals surface area contributed by atoms with E-state index in [9.17, 15) is 0 Å². The van der Waals surface area contributed by atoms with E-state index in [1.54, 1.807) is 6.07 Å². The zero-order chi connectivity index (χ0) is 12.3. The molecule has 2 aromatic heterocycles. The van der Waals surface area contributed by atoms with E-state index in [4.69, 9.17) is 15.0 Å². The van der Waals surface area contributed by atoms with Crippen molar-refractivity contribution in [3.05, 3.63) is 18.3 Å². The van der Waals surface area contributed by atoms with Gasteiger partial charge in [0.1, 0.15) is 12.0 Å². The van der Waals surface area contributed by atoms with Gasteiger partial charge in [0.25, 0.3) is 0 Å². The molecular weight excluding hydrogens is 222 g/mol. The molecule has 0 amide bonds. The number of nitrogens with zero attached hydrogens (tertiary/aromatic N) is 4. The topological polar surface area (TPSA) is 100.0 Å². The lowest BCUT2D eigenvalue weighted by Crippen LogP contribution is -2.08. The molecule has 0 saturated carbocycles. The highest BCUT2D eigenvalue weighted by Crippen LogP contribution is 2.19. The summed E-state index contributed by atoms with van der Waals surface area (Å²) in [6, 6.07) is 1.38. The average Bonchev–Trinajstić information content (AvgIpc) is 2.87. The minimum Gasteiger partial charge on any atom is -0.481 e. The fourth-order valence-corrected chi connectivity index (χ4v) is 1.24. The third kappa shape index (κ3) is 2.39. The second-order valence-electron chi connectivity index (χ2n) is 3.42. The van der Waals surface area contributed by atoms with Crippen LogP contribution in [0, 0.1) is 0 Å². The lowest BCUT2D eigenvalue weighted by Gasteiger charge is -1.99. The van der Waals surface area contributed by atoms with Crippen LogP contribution >= 0.6 is 0 Å². The summed E-state index contributed by atoms with van der Waals surface area (Å²) in [6.07, 6.45) is 2.11. The van der Waals surface area contributed by atoms with Gasteiger partial charge in [0.05, 0.1) is 13.2 Å². The highest BCUT2D eigenvalue weighted by atomic mass is 16.5. The van der Waals surface area contributed by atoms with E-state index < -0.39 is 0 Å². The van der Waals surface area contributed by atoms with Gasteiger partial charge in [-0.1, -0.05) is 12.1 Å². The predicted molar refractivity (Wildman–Crippen MR) is 59.1 cm³/mol. The van der Waals surface area contributed by atoms with Crippen LogP contribution in [0.1, 0.15) is 25.3 Å². The van der Waals surface area contributed by atoms with E-state index in [0.29, 0.717) is 23.3 Å². The highest BCUT2D eigenvalue weighted by molar-refractivity contribution is 5.49. The van der Waals surface area contributed by atoms with Crippen LogP contribution < -0.4 is 10.5 Å². The SMILES string of the molecule is CC[C@@H](N)c1nc(-c2cc(OC)ncn2)no1. The molecule has 2 N–H and O–H groups in total. The Bertz CT molecular complexity index is 499. The molecule has 0 saturated heterocycles. The molecule has 0 aliphatic heterocycles. The Morgan fingerprint density at radius 1 is 1.47 bits per heavy atom. The van der Waals surface area contributed by atoms with Gasteiger partial charge in [0.15, 0.2) is 0 Å². The van der Waals surface area contributed by atoms with Gasteiger partial charge in [-0.15, -0.1) is 0 Å². The third-order valence-electron chi connectivity index (χ3n) is 2.28. The van der Waals surface area contributed by atoms with Crippen LogP contribution in [0.2, 0.25) is 0 Å². The molecule has 2 rings (SSSR count). The second kappa shape index (κ2) is 4.88. The van der Waals surface area contributed by atoms with E-state index in [0.717, 1.165) is 6.42 Å². The first-order valence-electron chi connectivity index (χ1n) is 5.20. The molecule has 0 unspecified atom stereocenters. The maximum absolute atomic E-state index is 5.79. The lowest BCUT2D eigenvalue weighted by molar-refractivity contribution is 0.352. The molecule has 0 fully saturated rings. The molecule has 0 aliphatic carbocycles. The molecule has 0 aromatic carbocycles. The average molecular weight is 235 g/mol. The number of methoxy groups -OCH3 is 1. The zero-order valence-electron chi connectivity index (χ0n) is 9.62. The molecule has 2 heterocycles. The smallest absolute Gasteiger partial charge is 0.243 e. The summed E-state index contributed by atoms with van der Waals surface area (Å²) in [4.78, 5) is 12.1. The van der Waals surface area contributed by atoms with Crippen molar-refractivity contribution in [2.75, 3.05) is 7.11 Å². The van der Waals surface area contributed by atoms with Crippen molar-refractivity contribution in [3.63, 3.8) is 0 Å². The van der Waals surface area contributed by atoms with E-state index in [1.165, 1.54) is 13.4 Å². The van der Waals surface area contributed by atoms with Gasteiger partial charge in [0.2, 0.25) is 17.6 Å². The minimum atomic E-state index is -0.250. The summed E-state index contributed by atoms with van der Waals surface area (Å²) in [5.74, 6) is 1.23. The first-order valence-corrected chi connectivity index (χ1v) is 5.20. The minimum absolute atomic E-state index is 0.250. The van der Waals surface area contributed by atoms with E-state index >= 15 is 0 Å². The Morgan fingerprint density at radius 3 is 3.00 bits per heavy atom. The van der Waals surface area contributed by atoms with Crippen LogP contribution in [-0.2, 0) is 0 Å². The molecule has 1 atom stereocenters. The molecule has 0 radical (unpaired) electrons. The molecule has 90 valence electrons. The van der Waals surface area contributed by atoms with Crippen LogP contribution in [-0.4, -0.2) is 27.2 Å². The number of hydrogen-bond acceptors (Lipinski definition) is 7. The Labute approximate surface area is 98.0 Å². The van der Waals surface area contributed by atoms with Crippen LogP contribution in [0.4, 0.5) is 0 Å². The van der Waals surface area contributed by atoms with Crippen molar-refractivity contribution in [2.45, 2.75) is 19.4 Å².